The number of para-hydroxylation sites is 1. The number of anilines is 1. The molecule has 0 unspecified atom stereocenters. The summed E-state index contributed by atoms with van der Waals surface area (Å²) in [6, 6.07) is 10.2. The molecule has 2 atom stereocenters. The van der Waals surface area contributed by atoms with Gasteiger partial charge >= 0.3 is 11.9 Å². The molecule has 0 spiro atoms. The Balaban J connectivity index is 2.05. The highest BCUT2D eigenvalue weighted by atomic mass is 35.5. The van der Waals surface area contributed by atoms with Crippen molar-refractivity contribution < 1.29 is 47.7 Å². The number of fused-ring (bicyclic) bond motifs is 1. The quantitative estimate of drug-likeness (QED) is 0.237. The van der Waals surface area contributed by atoms with E-state index in [2.05, 4.69) is 5.32 Å². The predicted molar refractivity (Wildman–Crippen MR) is 164 cm³/mol. The van der Waals surface area contributed by atoms with E-state index < -0.39 is 66.5 Å². The van der Waals surface area contributed by atoms with Gasteiger partial charge in [-0.2, -0.15) is 0 Å². The van der Waals surface area contributed by atoms with Crippen LogP contribution in [-0.4, -0.2) is 76.2 Å². The molecular formula is C32H39ClN2O10. The number of hydrogen-bond acceptors (Lipinski definition) is 10. The number of hydrogen-bond donors (Lipinski definition) is 1. The molecular weight excluding hydrogens is 608 g/mol. The second-order valence-electron chi connectivity index (χ2n) is 11.2. The molecule has 13 heteroatoms. The number of amides is 2. The minimum atomic E-state index is -1.33. The Morgan fingerprint density at radius 1 is 1.04 bits per heavy atom. The summed E-state index contributed by atoms with van der Waals surface area (Å²) in [4.78, 5) is 64.3. The Kier molecular flexibility index (Phi) is 12.3. The Hall–Kier alpha value is -4.16. The maximum absolute atomic E-state index is 14.3. The third-order valence-corrected chi connectivity index (χ3v) is 7.11. The molecule has 244 valence electrons. The molecule has 1 aliphatic heterocycles. The largest absolute Gasteiger partial charge is 0.493 e. The molecule has 0 aromatic heterocycles. The summed E-state index contributed by atoms with van der Waals surface area (Å²) in [5.74, 6) is -2.11. The van der Waals surface area contributed by atoms with Crippen LogP contribution in [0.3, 0.4) is 0 Å². The highest BCUT2D eigenvalue weighted by Crippen LogP contribution is 2.45. The fourth-order valence-electron chi connectivity index (χ4n) is 4.87. The lowest BCUT2D eigenvalue weighted by atomic mass is 9.92. The first-order valence-electron chi connectivity index (χ1n) is 14.3. The number of nitrogens with one attached hydrogen (secondary N) is 1. The van der Waals surface area contributed by atoms with Crippen LogP contribution >= 0.6 is 11.6 Å². The van der Waals surface area contributed by atoms with Crippen molar-refractivity contribution in [3.8, 4) is 11.5 Å². The average Bonchev–Trinajstić information content (AvgIpc) is 3.08. The number of carbonyl (C=O) groups is 5. The van der Waals surface area contributed by atoms with Gasteiger partial charge in [0.2, 0.25) is 5.91 Å². The van der Waals surface area contributed by atoms with Gasteiger partial charge in [-0.05, 0) is 31.2 Å². The first-order chi connectivity index (χ1) is 21.3. The minimum Gasteiger partial charge on any atom is -0.493 e. The zero-order chi connectivity index (χ0) is 33.3. The monoisotopic (exact) mass is 646 g/mol. The standard InChI is InChI=1S/C32H39ClN2O10/c1-7-43-28(39)14-21(37)16-34-27(38)15-26-31(40)35(17-32(3,4)18-44-19(2)36)24-12-11-20(33)13-23(24)29(45-26)22-9-8-10-25(41-5)30(22)42-6/h8-13,26,29H,7,14-18H2,1-6H3,(H,34,38)/t26-,29-/m1/s1. The number of ether oxygens (including phenoxy) is 5. The molecule has 0 aliphatic carbocycles. The zero-order valence-corrected chi connectivity index (χ0v) is 27.0. The molecule has 1 heterocycles. The molecule has 0 radical (unpaired) electrons. The molecule has 12 nitrogen and oxygen atoms in total. The summed E-state index contributed by atoms with van der Waals surface area (Å²) in [7, 11) is 2.97. The topological polar surface area (TPSA) is 147 Å². The zero-order valence-electron chi connectivity index (χ0n) is 26.3. The van der Waals surface area contributed by atoms with Gasteiger partial charge in [-0.1, -0.05) is 37.6 Å². The number of halogens is 1. The summed E-state index contributed by atoms with van der Waals surface area (Å²) in [5, 5.41) is 2.85. The van der Waals surface area contributed by atoms with Gasteiger partial charge in [0.1, 0.15) is 18.6 Å². The third-order valence-electron chi connectivity index (χ3n) is 6.87. The van der Waals surface area contributed by atoms with Crippen LogP contribution in [0.25, 0.3) is 0 Å². The van der Waals surface area contributed by atoms with Gasteiger partial charge in [-0.25, -0.2) is 0 Å². The highest BCUT2D eigenvalue weighted by Gasteiger charge is 2.41. The smallest absolute Gasteiger partial charge is 0.313 e. The molecule has 2 aromatic carbocycles. The predicted octanol–water partition coefficient (Wildman–Crippen LogP) is 3.80. The molecule has 3 rings (SSSR count). The highest BCUT2D eigenvalue weighted by molar-refractivity contribution is 6.30. The maximum atomic E-state index is 14.3. The summed E-state index contributed by atoms with van der Waals surface area (Å²) in [5.41, 5.74) is 0.808. The molecule has 0 saturated heterocycles. The van der Waals surface area contributed by atoms with E-state index in [1.165, 1.54) is 26.0 Å². The lowest BCUT2D eigenvalue weighted by molar-refractivity contribution is -0.146. The molecule has 0 saturated carbocycles. The summed E-state index contributed by atoms with van der Waals surface area (Å²) < 4.78 is 27.7. The van der Waals surface area contributed by atoms with Crippen molar-refractivity contribution in [3.63, 3.8) is 0 Å². The van der Waals surface area contributed by atoms with Crippen LogP contribution in [0.15, 0.2) is 36.4 Å². The number of carbonyl (C=O) groups excluding carboxylic acids is 5. The lowest BCUT2D eigenvalue weighted by Gasteiger charge is -2.33. The first-order valence-corrected chi connectivity index (χ1v) is 14.7. The number of nitrogens with zero attached hydrogens (tertiary/aromatic N) is 1. The number of Topliss-reactive ketones (excluding diaryl/α,β-unsaturated/α-hetero) is 1. The number of esters is 2. The van der Waals surface area contributed by atoms with Gasteiger partial charge in [0.25, 0.3) is 5.91 Å². The third kappa shape index (κ3) is 9.41. The summed E-state index contributed by atoms with van der Waals surface area (Å²) in [6.45, 7) is 6.41. The van der Waals surface area contributed by atoms with Crippen LogP contribution in [-0.2, 0) is 38.2 Å². The van der Waals surface area contributed by atoms with E-state index in [9.17, 15) is 24.0 Å². The molecule has 1 N–H and O–H groups in total. The van der Waals surface area contributed by atoms with Crippen LogP contribution in [0.2, 0.25) is 5.02 Å². The Morgan fingerprint density at radius 2 is 1.78 bits per heavy atom. The van der Waals surface area contributed by atoms with Gasteiger partial charge in [0, 0.05) is 40.7 Å². The average molecular weight is 647 g/mol. The van der Waals surface area contributed by atoms with Crippen molar-refractivity contribution in [1.82, 2.24) is 5.32 Å². The van der Waals surface area contributed by atoms with Crippen LogP contribution in [0, 0.1) is 5.41 Å². The number of benzene rings is 2. The Bertz CT molecular complexity index is 1430. The van der Waals surface area contributed by atoms with E-state index in [1.54, 1.807) is 43.3 Å². The van der Waals surface area contributed by atoms with Crippen molar-refractivity contribution in [2.24, 2.45) is 5.41 Å². The number of rotatable bonds is 14. The summed E-state index contributed by atoms with van der Waals surface area (Å²) in [6.07, 6.45) is -3.22. The van der Waals surface area contributed by atoms with Crippen molar-refractivity contribution in [2.45, 2.75) is 52.7 Å². The van der Waals surface area contributed by atoms with Crippen molar-refractivity contribution in [2.75, 3.05) is 45.4 Å². The van der Waals surface area contributed by atoms with Gasteiger partial charge in [0.05, 0.1) is 40.4 Å². The SMILES string of the molecule is CCOC(=O)CC(=O)CNC(=O)C[C@H]1O[C@H](c2cccc(OC)c2OC)c2cc(Cl)ccc2N(CC(C)(C)COC(C)=O)C1=O. The van der Waals surface area contributed by atoms with E-state index >= 15 is 0 Å². The molecule has 0 bridgehead atoms. The van der Waals surface area contributed by atoms with Crippen LogP contribution < -0.4 is 19.7 Å². The van der Waals surface area contributed by atoms with Crippen molar-refractivity contribution in [1.29, 1.82) is 0 Å². The fraction of sp³-hybridized carbons (Fsp3) is 0.469. The number of ketones is 1. The van der Waals surface area contributed by atoms with Gasteiger partial charge in [0.15, 0.2) is 17.3 Å². The normalized spacial score (nSPS) is 16.2. The fourth-order valence-corrected chi connectivity index (χ4v) is 5.05. The van der Waals surface area contributed by atoms with E-state index in [0.717, 1.165) is 0 Å². The first kappa shape index (κ1) is 35.3. The minimum absolute atomic E-state index is 0.0246. The van der Waals surface area contributed by atoms with Crippen LogP contribution in [0.1, 0.15) is 57.8 Å². The van der Waals surface area contributed by atoms with E-state index in [4.69, 9.17) is 35.3 Å². The van der Waals surface area contributed by atoms with Crippen molar-refractivity contribution in [3.05, 3.63) is 52.5 Å². The Labute approximate surface area is 267 Å². The van der Waals surface area contributed by atoms with Crippen LogP contribution in [0.5, 0.6) is 11.5 Å². The van der Waals surface area contributed by atoms with E-state index in [0.29, 0.717) is 33.3 Å². The molecule has 1 aliphatic rings. The summed E-state index contributed by atoms with van der Waals surface area (Å²) >= 11 is 6.46. The molecule has 2 aromatic rings. The van der Waals surface area contributed by atoms with Crippen LogP contribution in [0.4, 0.5) is 5.69 Å². The van der Waals surface area contributed by atoms with E-state index in [1.807, 2.05) is 13.8 Å². The molecule has 45 heavy (non-hydrogen) atoms. The molecule has 2 amide bonds. The number of methoxy groups -OCH3 is 2. The second kappa shape index (κ2) is 15.7. The Morgan fingerprint density at radius 3 is 2.42 bits per heavy atom. The van der Waals surface area contributed by atoms with Gasteiger partial charge < -0.3 is 33.9 Å². The van der Waals surface area contributed by atoms with Crippen molar-refractivity contribution >= 4 is 46.8 Å². The van der Waals surface area contributed by atoms with E-state index in [-0.39, 0.29) is 19.8 Å². The second-order valence-corrected chi connectivity index (χ2v) is 11.6. The molecule has 0 fully saturated rings. The van der Waals surface area contributed by atoms with Gasteiger partial charge in [-0.3, -0.25) is 24.0 Å². The maximum Gasteiger partial charge on any atom is 0.313 e. The lowest BCUT2D eigenvalue weighted by Crippen LogP contribution is -2.47. The van der Waals surface area contributed by atoms with Gasteiger partial charge in [-0.15, -0.1) is 0 Å².